The second-order valence-corrected chi connectivity index (χ2v) is 5.78. The predicted molar refractivity (Wildman–Crippen MR) is 92.5 cm³/mol. The Morgan fingerprint density at radius 3 is 2.36 bits per heavy atom. The summed E-state index contributed by atoms with van der Waals surface area (Å²) in [7, 11) is 5.32. The van der Waals surface area contributed by atoms with Crippen molar-refractivity contribution in [3.8, 4) is 0 Å². The van der Waals surface area contributed by atoms with Crippen molar-refractivity contribution in [1.29, 1.82) is 0 Å². The monoisotopic (exact) mass is 341 g/mol. The van der Waals surface area contributed by atoms with Crippen LogP contribution in [0, 0.1) is 6.92 Å². The van der Waals surface area contributed by atoms with Gasteiger partial charge in [0.05, 0.1) is 5.69 Å². The quantitative estimate of drug-likeness (QED) is 0.747. The molecule has 3 heterocycles. The number of aryl methyl sites for hydroxylation is 4. The van der Waals surface area contributed by atoms with E-state index >= 15 is 0 Å². The third-order valence-corrected chi connectivity index (χ3v) is 3.87. The lowest BCUT2D eigenvalue weighted by Crippen LogP contribution is -2.16. The third-order valence-electron chi connectivity index (χ3n) is 3.87. The fourth-order valence-corrected chi connectivity index (χ4v) is 2.43. The number of nitrogens with one attached hydrogen (secondary N) is 2. The maximum absolute atomic E-state index is 12.4. The molecule has 0 aromatic carbocycles. The summed E-state index contributed by atoms with van der Waals surface area (Å²) in [5.74, 6) is 0.914. The zero-order chi connectivity index (χ0) is 18.1. The van der Waals surface area contributed by atoms with Crippen LogP contribution in [0.5, 0.6) is 0 Å². The van der Waals surface area contributed by atoms with E-state index in [4.69, 9.17) is 0 Å². The molecular formula is C16H19N7O2. The topological polar surface area (TPSA) is 98.8 Å². The molecule has 130 valence electrons. The molecule has 3 aromatic rings. The van der Waals surface area contributed by atoms with Gasteiger partial charge in [-0.15, -0.1) is 0 Å². The van der Waals surface area contributed by atoms with Gasteiger partial charge in [-0.3, -0.25) is 9.59 Å². The number of nitrogens with zero attached hydrogens (tertiary/aromatic N) is 5. The Hall–Kier alpha value is -3.36. The number of carbonyl (C=O) groups excluding carboxylic acids is 2. The normalized spacial score (nSPS) is 10.7. The second-order valence-electron chi connectivity index (χ2n) is 5.78. The minimum atomic E-state index is -0.342. The minimum Gasteiger partial charge on any atom is -0.344 e. The highest BCUT2D eigenvalue weighted by Crippen LogP contribution is 2.16. The standard InChI is InChI=1S/C16H19N7O2/c1-10-18-13(9-22(10)3)20-15(24)12-7-11(8-23(12)4)19-16(25)14-17-5-6-21(14)2/h5-9H,1-4H3,(H,19,25)(H,20,24). The van der Waals surface area contributed by atoms with E-state index in [1.807, 2.05) is 18.5 Å². The lowest BCUT2D eigenvalue weighted by Gasteiger charge is -2.02. The van der Waals surface area contributed by atoms with Gasteiger partial charge in [0, 0.05) is 45.9 Å². The number of carbonyl (C=O) groups is 2. The molecular weight excluding hydrogens is 322 g/mol. The number of hydrogen-bond acceptors (Lipinski definition) is 4. The van der Waals surface area contributed by atoms with E-state index in [0.717, 1.165) is 5.82 Å². The van der Waals surface area contributed by atoms with E-state index in [0.29, 0.717) is 23.0 Å². The first-order valence-corrected chi connectivity index (χ1v) is 7.61. The lowest BCUT2D eigenvalue weighted by molar-refractivity contribution is 0.100. The SMILES string of the molecule is Cc1nc(NC(=O)c2cc(NC(=O)c3nccn3C)cn2C)cn1C. The van der Waals surface area contributed by atoms with Gasteiger partial charge in [-0.25, -0.2) is 9.97 Å². The highest BCUT2D eigenvalue weighted by atomic mass is 16.2. The van der Waals surface area contributed by atoms with Crippen LogP contribution in [0.1, 0.15) is 26.9 Å². The Bertz CT molecular complexity index is 928. The van der Waals surface area contributed by atoms with Gasteiger partial charge in [-0.05, 0) is 13.0 Å². The van der Waals surface area contributed by atoms with Crippen molar-refractivity contribution in [2.45, 2.75) is 6.92 Å². The molecule has 9 heteroatoms. The van der Waals surface area contributed by atoms with Crippen LogP contribution in [0.3, 0.4) is 0 Å². The Balaban J connectivity index is 1.74. The van der Waals surface area contributed by atoms with Crippen LogP contribution in [-0.4, -0.2) is 35.5 Å². The zero-order valence-electron chi connectivity index (χ0n) is 14.4. The van der Waals surface area contributed by atoms with Gasteiger partial charge < -0.3 is 24.3 Å². The first-order valence-electron chi connectivity index (χ1n) is 7.61. The number of hydrogen-bond donors (Lipinski definition) is 2. The van der Waals surface area contributed by atoms with Gasteiger partial charge in [0.2, 0.25) is 0 Å². The average molecular weight is 341 g/mol. The van der Waals surface area contributed by atoms with E-state index in [1.54, 1.807) is 54.1 Å². The van der Waals surface area contributed by atoms with E-state index in [2.05, 4.69) is 20.6 Å². The number of imidazole rings is 2. The molecule has 9 nitrogen and oxygen atoms in total. The summed E-state index contributed by atoms with van der Waals surface area (Å²) in [6, 6.07) is 1.60. The summed E-state index contributed by atoms with van der Waals surface area (Å²) in [6.45, 7) is 1.85. The van der Waals surface area contributed by atoms with Crippen LogP contribution in [-0.2, 0) is 21.1 Å². The summed E-state index contributed by atoms with van der Waals surface area (Å²) in [4.78, 5) is 32.9. The largest absolute Gasteiger partial charge is 0.344 e. The molecule has 25 heavy (non-hydrogen) atoms. The predicted octanol–water partition coefficient (Wildman–Crippen LogP) is 1.31. The van der Waals surface area contributed by atoms with Crippen molar-refractivity contribution in [3.63, 3.8) is 0 Å². The van der Waals surface area contributed by atoms with Crippen LogP contribution in [0.25, 0.3) is 0 Å². The molecule has 0 spiro atoms. The van der Waals surface area contributed by atoms with Gasteiger partial charge in [-0.2, -0.15) is 0 Å². The molecule has 0 saturated carbocycles. The number of aromatic nitrogens is 5. The van der Waals surface area contributed by atoms with Crippen LogP contribution >= 0.6 is 0 Å². The number of amides is 2. The summed E-state index contributed by atoms with van der Waals surface area (Å²) in [5, 5.41) is 5.48. The van der Waals surface area contributed by atoms with Crippen LogP contribution in [0.2, 0.25) is 0 Å². The summed E-state index contributed by atoms with van der Waals surface area (Å²) in [6.07, 6.45) is 6.64. The molecule has 0 radical (unpaired) electrons. The van der Waals surface area contributed by atoms with Gasteiger partial charge in [0.15, 0.2) is 11.6 Å². The highest BCUT2D eigenvalue weighted by Gasteiger charge is 2.16. The van der Waals surface area contributed by atoms with E-state index in [1.165, 1.54) is 0 Å². The van der Waals surface area contributed by atoms with Crippen LogP contribution in [0.4, 0.5) is 11.5 Å². The molecule has 0 aliphatic rings. The van der Waals surface area contributed by atoms with Crippen molar-refractivity contribution in [2.24, 2.45) is 21.1 Å². The third kappa shape index (κ3) is 3.30. The summed E-state index contributed by atoms with van der Waals surface area (Å²) >= 11 is 0. The number of rotatable bonds is 4. The molecule has 0 bridgehead atoms. The van der Waals surface area contributed by atoms with Crippen molar-refractivity contribution in [2.75, 3.05) is 10.6 Å². The summed E-state index contributed by atoms with van der Waals surface area (Å²) < 4.78 is 5.08. The molecule has 0 aliphatic carbocycles. The van der Waals surface area contributed by atoms with Gasteiger partial charge in [0.25, 0.3) is 11.8 Å². The van der Waals surface area contributed by atoms with Crippen molar-refractivity contribution >= 4 is 23.3 Å². The molecule has 2 amide bonds. The van der Waals surface area contributed by atoms with E-state index < -0.39 is 0 Å². The molecule has 0 atom stereocenters. The van der Waals surface area contributed by atoms with Crippen molar-refractivity contribution < 1.29 is 9.59 Å². The number of anilines is 2. The van der Waals surface area contributed by atoms with Crippen LogP contribution in [0.15, 0.2) is 30.9 Å². The van der Waals surface area contributed by atoms with Gasteiger partial charge in [-0.1, -0.05) is 0 Å². The highest BCUT2D eigenvalue weighted by molar-refractivity contribution is 6.05. The minimum absolute atomic E-state index is 0.291. The smallest absolute Gasteiger partial charge is 0.291 e. The molecule has 0 aliphatic heterocycles. The lowest BCUT2D eigenvalue weighted by atomic mass is 10.3. The first kappa shape index (κ1) is 16.5. The fraction of sp³-hybridized carbons (Fsp3) is 0.250. The molecule has 2 N–H and O–H groups in total. The summed E-state index contributed by atoms with van der Waals surface area (Å²) in [5.41, 5.74) is 0.913. The Kier molecular flexibility index (Phi) is 4.14. The Morgan fingerprint density at radius 2 is 1.76 bits per heavy atom. The van der Waals surface area contributed by atoms with Gasteiger partial charge >= 0.3 is 0 Å². The van der Waals surface area contributed by atoms with E-state index in [9.17, 15) is 9.59 Å². The van der Waals surface area contributed by atoms with Crippen molar-refractivity contribution in [3.05, 3.63) is 48.2 Å². The average Bonchev–Trinajstić information content (AvgIpc) is 3.20. The molecule has 0 unspecified atom stereocenters. The zero-order valence-corrected chi connectivity index (χ0v) is 14.4. The molecule has 3 aromatic heterocycles. The molecule has 0 saturated heterocycles. The fourth-order valence-electron chi connectivity index (χ4n) is 2.43. The van der Waals surface area contributed by atoms with Gasteiger partial charge in [0.1, 0.15) is 11.5 Å². The second kappa shape index (κ2) is 6.27. The Morgan fingerprint density at radius 1 is 1.00 bits per heavy atom. The first-order chi connectivity index (χ1) is 11.8. The molecule has 3 rings (SSSR count). The maximum atomic E-state index is 12.4. The van der Waals surface area contributed by atoms with E-state index in [-0.39, 0.29) is 11.8 Å². The Labute approximate surface area is 144 Å². The maximum Gasteiger partial charge on any atom is 0.291 e. The molecule has 0 fully saturated rings. The van der Waals surface area contributed by atoms with Crippen LogP contribution < -0.4 is 10.6 Å². The van der Waals surface area contributed by atoms with Crippen molar-refractivity contribution in [1.82, 2.24) is 23.7 Å².